The van der Waals surface area contributed by atoms with Gasteiger partial charge in [-0.15, -0.1) is 0 Å². The summed E-state index contributed by atoms with van der Waals surface area (Å²) >= 11 is 0. The van der Waals surface area contributed by atoms with Crippen LogP contribution in [0.25, 0.3) is 22.0 Å². The van der Waals surface area contributed by atoms with Gasteiger partial charge < -0.3 is 15.6 Å². The number of alkyl halides is 1. The number of carbonyl (C=O) groups is 1. The van der Waals surface area contributed by atoms with Gasteiger partial charge in [0.1, 0.15) is 11.5 Å². The second kappa shape index (κ2) is 7.12. The van der Waals surface area contributed by atoms with Crippen LogP contribution >= 0.6 is 0 Å². The van der Waals surface area contributed by atoms with Gasteiger partial charge in [0.15, 0.2) is 0 Å². The fourth-order valence-electron chi connectivity index (χ4n) is 3.53. The van der Waals surface area contributed by atoms with Crippen molar-refractivity contribution >= 4 is 16.8 Å². The van der Waals surface area contributed by atoms with Gasteiger partial charge in [0.2, 0.25) is 0 Å². The highest BCUT2D eigenvalue weighted by atomic mass is 19.1. The number of hydrogen-bond acceptors (Lipinski definition) is 2. The van der Waals surface area contributed by atoms with Crippen molar-refractivity contribution in [3.63, 3.8) is 0 Å². The predicted molar refractivity (Wildman–Crippen MR) is 102 cm³/mol. The quantitative estimate of drug-likeness (QED) is 0.655. The van der Waals surface area contributed by atoms with Crippen LogP contribution < -0.4 is 10.6 Å². The lowest BCUT2D eigenvalue weighted by Gasteiger charge is -2.30. The van der Waals surface area contributed by atoms with E-state index >= 15 is 0 Å². The number of fused-ring (bicyclic) bond motifs is 1. The SMILES string of the molecule is O=C(NCC1(F)CCNCC1)c1ccc(-c2c[nH]c3cc(F)ccc23)cc1. The van der Waals surface area contributed by atoms with Crippen LogP contribution in [-0.2, 0) is 0 Å². The van der Waals surface area contributed by atoms with E-state index in [-0.39, 0.29) is 18.3 Å². The molecule has 0 atom stereocenters. The van der Waals surface area contributed by atoms with Gasteiger partial charge in [-0.1, -0.05) is 12.1 Å². The Labute approximate surface area is 156 Å². The van der Waals surface area contributed by atoms with Crippen LogP contribution in [0.15, 0.2) is 48.7 Å². The Balaban J connectivity index is 1.47. The highest BCUT2D eigenvalue weighted by Crippen LogP contribution is 2.29. The zero-order valence-corrected chi connectivity index (χ0v) is 14.8. The van der Waals surface area contributed by atoms with E-state index in [1.807, 2.05) is 18.3 Å². The van der Waals surface area contributed by atoms with Gasteiger partial charge in [0.05, 0.1) is 6.54 Å². The molecule has 27 heavy (non-hydrogen) atoms. The van der Waals surface area contributed by atoms with Crippen molar-refractivity contribution in [2.75, 3.05) is 19.6 Å². The number of nitrogens with one attached hydrogen (secondary N) is 3. The lowest BCUT2D eigenvalue weighted by atomic mass is 9.94. The molecule has 0 unspecified atom stereocenters. The number of aromatic amines is 1. The Morgan fingerprint density at radius 2 is 1.85 bits per heavy atom. The second-order valence-electron chi connectivity index (χ2n) is 7.05. The fraction of sp³-hybridized carbons (Fsp3) is 0.286. The molecule has 1 aliphatic heterocycles. The molecule has 1 amide bonds. The molecule has 140 valence electrons. The normalized spacial score (nSPS) is 16.4. The highest BCUT2D eigenvalue weighted by Gasteiger charge is 2.31. The molecule has 4 rings (SSSR count). The monoisotopic (exact) mass is 369 g/mol. The molecule has 0 radical (unpaired) electrons. The number of H-pyrrole nitrogens is 1. The minimum atomic E-state index is -1.33. The van der Waals surface area contributed by atoms with Crippen LogP contribution in [0.5, 0.6) is 0 Å². The minimum absolute atomic E-state index is 0.0310. The first-order chi connectivity index (χ1) is 13.0. The Kier molecular flexibility index (Phi) is 4.66. The molecule has 1 aliphatic rings. The number of rotatable bonds is 4. The Morgan fingerprint density at radius 3 is 2.59 bits per heavy atom. The summed E-state index contributed by atoms with van der Waals surface area (Å²) in [5, 5.41) is 6.74. The summed E-state index contributed by atoms with van der Waals surface area (Å²) in [5.41, 5.74) is 1.74. The maximum Gasteiger partial charge on any atom is 0.251 e. The molecule has 1 saturated heterocycles. The van der Waals surface area contributed by atoms with Crippen LogP contribution in [0.4, 0.5) is 8.78 Å². The second-order valence-corrected chi connectivity index (χ2v) is 7.05. The Bertz CT molecular complexity index is 959. The third-order valence-corrected chi connectivity index (χ3v) is 5.17. The van der Waals surface area contributed by atoms with Gasteiger partial charge in [0.25, 0.3) is 5.91 Å². The number of benzene rings is 2. The molecule has 0 aliphatic carbocycles. The van der Waals surface area contributed by atoms with Crippen molar-refractivity contribution in [3.05, 3.63) is 60.0 Å². The van der Waals surface area contributed by atoms with Crippen LogP contribution in [0.3, 0.4) is 0 Å². The zero-order valence-electron chi connectivity index (χ0n) is 14.8. The van der Waals surface area contributed by atoms with E-state index in [0.717, 1.165) is 22.0 Å². The molecule has 2 heterocycles. The topological polar surface area (TPSA) is 56.9 Å². The summed E-state index contributed by atoms with van der Waals surface area (Å²) < 4.78 is 27.9. The van der Waals surface area contributed by atoms with Crippen molar-refractivity contribution < 1.29 is 13.6 Å². The lowest BCUT2D eigenvalue weighted by molar-refractivity contribution is 0.0837. The standard InChI is InChI=1S/C21H21F2N3O/c22-16-5-6-17-18(12-25-19(17)11-16)14-1-3-15(4-2-14)20(27)26-13-21(23)7-9-24-10-8-21/h1-6,11-12,24-25H,7-10,13H2,(H,26,27). The van der Waals surface area contributed by atoms with E-state index < -0.39 is 5.67 Å². The Morgan fingerprint density at radius 1 is 1.11 bits per heavy atom. The van der Waals surface area contributed by atoms with Crippen LogP contribution in [0, 0.1) is 5.82 Å². The summed E-state index contributed by atoms with van der Waals surface area (Å²) in [6.07, 6.45) is 2.64. The van der Waals surface area contributed by atoms with Gasteiger partial charge in [-0.25, -0.2) is 8.78 Å². The highest BCUT2D eigenvalue weighted by molar-refractivity contribution is 5.97. The van der Waals surface area contributed by atoms with E-state index in [2.05, 4.69) is 15.6 Å². The number of carbonyl (C=O) groups excluding carboxylic acids is 1. The van der Waals surface area contributed by atoms with E-state index in [1.54, 1.807) is 18.2 Å². The van der Waals surface area contributed by atoms with Crippen molar-refractivity contribution in [2.24, 2.45) is 0 Å². The number of aromatic nitrogens is 1. The van der Waals surface area contributed by atoms with Gasteiger partial charge in [-0.05, 0) is 61.8 Å². The number of piperidine rings is 1. The summed E-state index contributed by atoms with van der Waals surface area (Å²) in [7, 11) is 0. The average Bonchev–Trinajstić information content (AvgIpc) is 3.10. The predicted octanol–water partition coefficient (Wildman–Crippen LogP) is 3.80. The molecule has 0 spiro atoms. The first-order valence-electron chi connectivity index (χ1n) is 9.09. The molecule has 6 heteroatoms. The van der Waals surface area contributed by atoms with Crippen LogP contribution in [0.2, 0.25) is 0 Å². The van der Waals surface area contributed by atoms with Gasteiger partial charge >= 0.3 is 0 Å². The van der Waals surface area contributed by atoms with Gasteiger partial charge in [-0.3, -0.25) is 4.79 Å². The summed E-state index contributed by atoms with van der Waals surface area (Å²) in [6, 6.07) is 11.7. The Hall–Kier alpha value is -2.73. The molecule has 1 aromatic heterocycles. The first-order valence-corrected chi connectivity index (χ1v) is 9.09. The first kappa shape index (κ1) is 17.7. The fourth-order valence-corrected chi connectivity index (χ4v) is 3.53. The average molecular weight is 369 g/mol. The third kappa shape index (κ3) is 3.71. The van der Waals surface area contributed by atoms with Gasteiger partial charge in [0, 0.05) is 28.2 Å². The lowest BCUT2D eigenvalue weighted by Crippen LogP contribution is -2.46. The van der Waals surface area contributed by atoms with Crippen molar-refractivity contribution in [1.82, 2.24) is 15.6 Å². The molecule has 0 saturated carbocycles. The number of amides is 1. The van der Waals surface area contributed by atoms with Crippen molar-refractivity contribution in [3.8, 4) is 11.1 Å². The zero-order chi connectivity index (χ0) is 18.9. The van der Waals surface area contributed by atoms with E-state index in [4.69, 9.17) is 0 Å². The molecule has 3 N–H and O–H groups in total. The van der Waals surface area contributed by atoms with E-state index in [0.29, 0.717) is 31.5 Å². The van der Waals surface area contributed by atoms with E-state index in [1.165, 1.54) is 12.1 Å². The third-order valence-electron chi connectivity index (χ3n) is 5.17. The smallest absolute Gasteiger partial charge is 0.251 e. The number of hydrogen-bond donors (Lipinski definition) is 3. The molecule has 4 nitrogen and oxygen atoms in total. The summed E-state index contributed by atoms with van der Waals surface area (Å²) in [6.45, 7) is 1.30. The van der Waals surface area contributed by atoms with Crippen LogP contribution in [-0.4, -0.2) is 36.2 Å². The summed E-state index contributed by atoms with van der Waals surface area (Å²) in [4.78, 5) is 15.4. The molecular formula is C21H21F2N3O. The van der Waals surface area contributed by atoms with Gasteiger partial charge in [-0.2, -0.15) is 0 Å². The molecule has 3 aromatic rings. The van der Waals surface area contributed by atoms with Crippen LogP contribution in [0.1, 0.15) is 23.2 Å². The molecule has 1 fully saturated rings. The van der Waals surface area contributed by atoms with Crippen molar-refractivity contribution in [1.29, 1.82) is 0 Å². The maximum absolute atomic E-state index is 14.6. The maximum atomic E-state index is 14.6. The molecule has 0 bridgehead atoms. The summed E-state index contributed by atoms with van der Waals surface area (Å²) in [5.74, 6) is -0.569. The molecular weight excluding hydrogens is 348 g/mol. The van der Waals surface area contributed by atoms with E-state index in [9.17, 15) is 13.6 Å². The molecule has 2 aromatic carbocycles. The van der Waals surface area contributed by atoms with Crippen molar-refractivity contribution in [2.45, 2.75) is 18.5 Å². The number of halogens is 2. The largest absolute Gasteiger partial charge is 0.360 e. The minimum Gasteiger partial charge on any atom is -0.360 e.